The van der Waals surface area contributed by atoms with Gasteiger partial charge in [0, 0.05) is 24.4 Å². The average molecular weight is 280 g/mol. The molecule has 1 aliphatic rings. The van der Waals surface area contributed by atoms with Crippen LogP contribution in [0.4, 0.5) is 5.69 Å². The lowest BCUT2D eigenvalue weighted by atomic mass is 10.1. The van der Waals surface area contributed by atoms with Crippen molar-refractivity contribution in [1.82, 2.24) is 5.32 Å². The highest BCUT2D eigenvalue weighted by Crippen LogP contribution is 2.40. The first-order valence-electron chi connectivity index (χ1n) is 6.51. The molecule has 110 valence electrons. The van der Waals surface area contributed by atoms with Gasteiger partial charge in [-0.05, 0) is 13.0 Å². The van der Waals surface area contributed by atoms with Crippen molar-refractivity contribution in [2.45, 2.75) is 6.42 Å². The maximum atomic E-state index is 12.1. The first kappa shape index (κ1) is 14.5. The van der Waals surface area contributed by atoms with E-state index in [-0.39, 0.29) is 11.8 Å². The van der Waals surface area contributed by atoms with Gasteiger partial charge < -0.3 is 24.8 Å². The third-order valence-corrected chi connectivity index (χ3v) is 3.36. The summed E-state index contributed by atoms with van der Waals surface area (Å²) in [4.78, 5) is 12.1. The molecule has 2 rings (SSSR count). The number of amides is 1. The molecule has 0 aromatic heterocycles. The maximum absolute atomic E-state index is 12.1. The van der Waals surface area contributed by atoms with Crippen molar-refractivity contribution in [3.63, 3.8) is 0 Å². The number of anilines is 1. The number of ether oxygens (including phenoxy) is 3. The van der Waals surface area contributed by atoms with Crippen LogP contribution in [-0.2, 0) is 4.79 Å². The zero-order valence-corrected chi connectivity index (χ0v) is 12.0. The number of rotatable bonds is 5. The molecule has 1 heterocycles. The summed E-state index contributed by atoms with van der Waals surface area (Å²) in [6.07, 6.45) is 0.857. The Morgan fingerprint density at radius 3 is 2.30 bits per heavy atom. The molecule has 0 bridgehead atoms. The van der Waals surface area contributed by atoms with Crippen LogP contribution in [0, 0.1) is 5.92 Å². The van der Waals surface area contributed by atoms with E-state index in [4.69, 9.17) is 14.2 Å². The van der Waals surface area contributed by atoms with Crippen LogP contribution >= 0.6 is 0 Å². The number of hydrogen-bond acceptors (Lipinski definition) is 5. The zero-order chi connectivity index (χ0) is 14.5. The maximum Gasteiger partial charge on any atom is 0.228 e. The van der Waals surface area contributed by atoms with E-state index >= 15 is 0 Å². The molecule has 0 spiro atoms. The molecular formula is C14H20N2O4. The van der Waals surface area contributed by atoms with E-state index in [9.17, 15) is 4.79 Å². The minimum atomic E-state index is 0.00396. The Kier molecular flexibility index (Phi) is 4.68. The molecule has 2 N–H and O–H groups in total. The average Bonchev–Trinajstić information content (AvgIpc) is 3.00. The molecule has 1 aromatic carbocycles. The fraction of sp³-hybridized carbons (Fsp3) is 0.500. The summed E-state index contributed by atoms with van der Waals surface area (Å²) in [6, 6.07) is 3.45. The third kappa shape index (κ3) is 2.96. The molecule has 1 saturated heterocycles. The molecular weight excluding hydrogens is 260 g/mol. The van der Waals surface area contributed by atoms with Crippen molar-refractivity contribution in [2.75, 3.05) is 39.7 Å². The quantitative estimate of drug-likeness (QED) is 0.850. The third-order valence-electron chi connectivity index (χ3n) is 3.36. The predicted molar refractivity (Wildman–Crippen MR) is 75.7 cm³/mol. The number of benzene rings is 1. The van der Waals surface area contributed by atoms with E-state index in [0.717, 1.165) is 19.5 Å². The second-order valence-corrected chi connectivity index (χ2v) is 4.59. The van der Waals surface area contributed by atoms with E-state index < -0.39 is 0 Å². The number of carbonyl (C=O) groups excluding carboxylic acids is 1. The minimum Gasteiger partial charge on any atom is -0.493 e. The van der Waals surface area contributed by atoms with Gasteiger partial charge in [-0.3, -0.25) is 4.79 Å². The number of hydrogen-bond donors (Lipinski definition) is 2. The largest absolute Gasteiger partial charge is 0.493 e. The first-order valence-corrected chi connectivity index (χ1v) is 6.51. The molecule has 6 heteroatoms. The SMILES string of the molecule is COc1cc(NC(=O)C2CCNC2)cc(OC)c1OC. The van der Waals surface area contributed by atoms with Crippen molar-refractivity contribution >= 4 is 11.6 Å². The Balaban J connectivity index is 2.21. The zero-order valence-electron chi connectivity index (χ0n) is 12.0. The molecule has 1 atom stereocenters. The van der Waals surface area contributed by atoms with Crippen molar-refractivity contribution in [1.29, 1.82) is 0 Å². The van der Waals surface area contributed by atoms with Gasteiger partial charge in [-0.1, -0.05) is 0 Å². The van der Waals surface area contributed by atoms with Crippen LogP contribution in [-0.4, -0.2) is 40.3 Å². The lowest BCUT2D eigenvalue weighted by Crippen LogP contribution is -2.24. The molecule has 6 nitrogen and oxygen atoms in total. The summed E-state index contributed by atoms with van der Waals surface area (Å²) < 4.78 is 15.8. The van der Waals surface area contributed by atoms with Crippen LogP contribution in [0.3, 0.4) is 0 Å². The van der Waals surface area contributed by atoms with E-state index in [2.05, 4.69) is 10.6 Å². The van der Waals surface area contributed by atoms with E-state index in [1.807, 2.05) is 0 Å². The number of nitrogens with one attached hydrogen (secondary N) is 2. The lowest BCUT2D eigenvalue weighted by molar-refractivity contribution is -0.119. The molecule has 0 saturated carbocycles. The Morgan fingerprint density at radius 2 is 1.85 bits per heavy atom. The molecule has 20 heavy (non-hydrogen) atoms. The van der Waals surface area contributed by atoms with Crippen molar-refractivity contribution in [3.05, 3.63) is 12.1 Å². The molecule has 1 aliphatic heterocycles. The highest BCUT2D eigenvalue weighted by Gasteiger charge is 2.23. The Labute approximate surface area is 118 Å². The number of carbonyl (C=O) groups is 1. The van der Waals surface area contributed by atoms with Crippen LogP contribution in [0.1, 0.15) is 6.42 Å². The standard InChI is InChI=1S/C14H20N2O4/c1-18-11-6-10(7-12(19-2)13(11)20-3)16-14(17)9-4-5-15-8-9/h6-7,9,15H,4-5,8H2,1-3H3,(H,16,17). The van der Waals surface area contributed by atoms with E-state index in [0.29, 0.717) is 22.9 Å². The Morgan fingerprint density at radius 1 is 1.20 bits per heavy atom. The Hall–Kier alpha value is -1.95. The van der Waals surface area contributed by atoms with Crippen LogP contribution in [0.5, 0.6) is 17.2 Å². The van der Waals surface area contributed by atoms with Gasteiger partial charge in [-0.25, -0.2) is 0 Å². The minimum absolute atomic E-state index is 0.00396. The summed E-state index contributed by atoms with van der Waals surface area (Å²) >= 11 is 0. The fourth-order valence-corrected chi connectivity index (χ4v) is 2.28. The molecule has 1 unspecified atom stereocenters. The highest BCUT2D eigenvalue weighted by molar-refractivity contribution is 5.93. The number of methoxy groups -OCH3 is 3. The topological polar surface area (TPSA) is 68.8 Å². The van der Waals surface area contributed by atoms with Gasteiger partial charge in [-0.15, -0.1) is 0 Å². The second kappa shape index (κ2) is 6.47. The van der Waals surface area contributed by atoms with Gasteiger partial charge in [0.25, 0.3) is 0 Å². The van der Waals surface area contributed by atoms with Gasteiger partial charge in [0.05, 0.1) is 27.2 Å². The van der Waals surface area contributed by atoms with Crippen molar-refractivity contribution in [3.8, 4) is 17.2 Å². The van der Waals surface area contributed by atoms with Crippen molar-refractivity contribution < 1.29 is 19.0 Å². The van der Waals surface area contributed by atoms with E-state index in [1.54, 1.807) is 33.5 Å². The summed E-state index contributed by atoms with van der Waals surface area (Å²) in [6.45, 7) is 1.60. The van der Waals surface area contributed by atoms with Crippen LogP contribution in [0.15, 0.2) is 12.1 Å². The van der Waals surface area contributed by atoms with Gasteiger partial charge >= 0.3 is 0 Å². The normalized spacial score (nSPS) is 17.6. The Bertz CT molecular complexity index is 459. The first-order chi connectivity index (χ1) is 9.69. The summed E-state index contributed by atoms with van der Waals surface area (Å²) in [5.74, 6) is 1.56. The molecule has 1 amide bonds. The van der Waals surface area contributed by atoms with Gasteiger partial charge in [0.1, 0.15) is 0 Å². The summed E-state index contributed by atoms with van der Waals surface area (Å²) in [5, 5.41) is 6.06. The second-order valence-electron chi connectivity index (χ2n) is 4.59. The van der Waals surface area contributed by atoms with Crippen LogP contribution in [0.25, 0.3) is 0 Å². The van der Waals surface area contributed by atoms with Crippen LogP contribution in [0.2, 0.25) is 0 Å². The van der Waals surface area contributed by atoms with Crippen molar-refractivity contribution in [2.24, 2.45) is 5.92 Å². The highest BCUT2D eigenvalue weighted by atomic mass is 16.5. The predicted octanol–water partition coefficient (Wildman–Crippen LogP) is 1.26. The summed E-state index contributed by atoms with van der Waals surface area (Å²) in [7, 11) is 4.64. The molecule has 0 aliphatic carbocycles. The fourth-order valence-electron chi connectivity index (χ4n) is 2.28. The molecule has 1 aromatic rings. The smallest absolute Gasteiger partial charge is 0.228 e. The van der Waals surface area contributed by atoms with Crippen LogP contribution < -0.4 is 24.8 Å². The molecule has 1 fully saturated rings. The monoisotopic (exact) mass is 280 g/mol. The molecule has 0 radical (unpaired) electrons. The lowest BCUT2D eigenvalue weighted by Gasteiger charge is -2.15. The van der Waals surface area contributed by atoms with Gasteiger partial charge in [0.2, 0.25) is 11.7 Å². The van der Waals surface area contributed by atoms with Gasteiger partial charge in [-0.2, -0.15) is 0 Å². The van der Waals surface area contributed by atoms with E-state index in [1.165, 1.54) is 0 Å². The van der Waals surface area contributed by atoms with Gasteiger partial charge in [0.15, 0.2) is 11.5 Å². The summed E-state index contributed by atoms with van der Waals surface area (Å²) in [5.41, 5.74) is 0.636.